The number of halogens is 1. The van der Waals surface area contributed by atoms with Gasteiger partial charge in [0.1, 0.15) is 12.1 Å². The minimum atomic E-state index is -0.784. The SMILES string of the molecule is O=C(Nc1ccc(Cl)cc1)[C@@H](NNC(=O)[C@H]1NC2(CCCCC2)Cc2ccccc21)c1ccccc1. The van der Waals surface area contributed by atoms with Crippen molar-refractivity contribution in [2.24, 2.45) is 0 Å². The van der Waals surface area contributed by atoms with Gasteiger partial charge in [0.2, 0.25) is 5.91 Å². The van der Waals surface area contributed by atoms with Gasteiger partial charge in [-0.1, -0.05) is 85.5 Å². The molecule has 1 aliphatic carbocycles. The Labute approximate surface area is 216 Å². The highest BCUT2D eigenvalue weighted by molar-refractivity contribution is 6.30. The standard InChI is InChI=1S/C29H31ClN4O2/c30-22-13-15-23(16-14-22)31-27(35)25(20-9-3-1-4-10-20)33-34-28(36)26-24-12-6-5-11-21(24)19-29(32-26)17-7-2-8-18-29/h1,3-6,9-16,25-26,32-33H,2,7-8,17-19H2,(H,31,35)(H,34,36)/t25-,26-/m0/s1. The molecule has 0 unspecified atom stereocenters. The zero-order valence-corrected chi connectivity index (χ0v) is 20.9. The molecule has 4 N–H and O–H groups in total. The number of anilines is 1. The van der Waals surface area contributed by atoms with Crippen LogP contribution in [0.15, 0.2) is 78.9 Å². The summed E-state index contributed by atoms with van der Waals surface area (Å²) in [5.41, 5.74) is 9.39. The Morgan fingerprint density at radius 3 is 2.33 bits per heavy atom. The second-order valence-electron chi connectivity index (χ2n) is 9.77. The summed E-state index contributed by atoms with van der Waals surface area (Å²) in [6, 6.07) is 23.2. The highest BCUT2D eigenvalue weighted by Gasteiger charge is 2.41. The van der Waals surface area contributed by atoms with Crippen LogP contribution in [0.25, 0.3) is 0 Å². The molecule has 186 valence electrons. The molecule has 1 saturated carbocycles. The zero-order valence-electron chi connectivity index (χ0n) is 20.1. The van der Waals surface area contributed by atoms with Crippen molar-refractivity contribution in [3.8, 4) is 0 Å². The maximum Gasteiger partial charge on any atom is 0.255 e. The maximum absolute atomic E-state index is 13.6. The smallest absolute Gasteiger partial charge is 0.255 e. The Bertz CT molecular complexity index is 1210. The third kappa shape index (κ3) is 5.46. The van der Waals surface area contributed by atoms with Crippen molar-refractivity contribution in [3.05, 3.63) is 101 Å². The van der Waals surface area contributed by atoms with E-state index >= 15 is 0 Å². The molecule has 0 radical (unpaired) electrons. The average molecular weight is 503 g/mol. The van der Waals surface area contributed by atoms with Gasteiger partial charge in [0.25, 0.3) is 5.91 Å². The Morgan fingerprint density at radius 1 is 0.889 bits per heavy atom. The van der Waals surface area contributed by atoms with Crippen LogP contribution in [0.2, 0.25) is 5.02 Å². The van der Waals surface area contributed by atoms with Crippen LogP contribution in [0.1, 0.15) is 60.9 Å². The first-order chi connectivity index (χ1) is 17.5. The molecular formula is C29H31ClN4O2. The molecule has 2 atom stereocenters. The Balaban J connectivity index is 1.34. The van der Waals surface area contributed by atoms with Gasteiger partial charge >= 0.3 is 0 Å². The number of carbonyl (C=O) groups is 2. The molecule has 0 saturated heterocycles. The van der Waals surface area contributed by atoms with Crippen molar-refractivity contribution in [1.82, 2.24) is 16.2 Å². The number of hydrogen-bond acceptors (Lipinski definition) is 4. The fraction of sp³-hybridized carbons (Fsp3) is 0.310. The first-order valence-electron chi connectivity index (χ1n) is 12.6. The van der Waals surface area contributed by atoms with E-state index in [-0.39, 0.29) is 17.4 Å². The third-order valence-corrected chi connectivity index (χ3v) is 7.52. The number of hydrazine groups is 1. The molecule has 1 heterocycles. The minimum Gasteiger partial charge on any atom is -0.324 e. The first kappa shape index (κ1) is 24.5. The van der Waals surface area contributed by atoms with E-state index in [1.54, 1.807) is 24.3 Å². The highest BCUT2D eigenvalue weighted by atomic mass is 35.5. The number of nitrogens with one attached hydrogen (secondary N) is 4. The zero-order chi connectivity index (χ0) is 25.0. The Morgan fingerprint density at radius 2 is 1.58 bits per heavy atom. The molecule has 36 heavy (non-hydrogen) atoms. The maximum atomic E-state index is 13.6. The van der Waals surface area contributed by atoms with Gasteiger partial charge < -0.3 is 5.32 Å². The van der Waals surface area contributed by atoms with Crippen molar-refractivity contribution >= 4 is 29.1 Å². The highest BCUT2D eigenvalue weighted by Crippen LogP contribution is 2.39. The van der Waals surface area contributed by atoms with E-state index in [0.29, 0.717) is 10.7 Å². The van der Waals surface area contributed by atoms with Crippen LogP contribution in [0.5, 0.6) is 0 Å². The molecule has 1 aliphatic heterocycles. The van der Waals surface area contributed by atoms with Crippen LogP contribution in [0, 0.1) is 0 Å². The molecule has 0 bridgehead atoms. The fourth-order valence-corrected chi connectivity index (χ4v) is 5.57. The molecule has 2 amide bonds. The molecule has 2 aliphatic rings. The van der Waals surface area contributed by atoms with Gasteiger partial charge in [0.05, 0.1) is 0 Å². The second kappa shape index (κ2) is 10.8. The number of fused-ring (bicyclic) bond motifs is 1. The van der Waals surface area contributed by atoms with Crippen molar-refractivity contribution in [1.29, 1.82) is 0 Å². The summed E-state index contributed by atoms with van der Waals surface area (Å²) in [5.74, 6) is -0.489. The number of hydrogen-bond donors (Lipinski definition) is 4. The van der Waals surface area contributed by atoms with E-state index < -0.39 is 12.1 Å². The summed E-state index contributed by atoms with van der Waals surface area (Å²) in [5, 5.41) is 7.20. The van der Waals surface area contributed by atoms with Crippen LogP contribution < -0.4 is 21.5 Å². The third-order valence-electron chi connectivity index (χ3n) is 7.26. The van der Waals surface area contributed by atoms with E-state index in [0.717, 1.165) is 30.4 Å². The van der Waals surface area contributed by atoms with Gasteiger partial charge in [-0.15, -0.1) is 0 Å². The monoisotopic (exact) mass is 502 g/mol. The number of carbonyl (C=O) groups excluding carboxylic acids is 2. The molecule has 1 fully saturated rings. The lowest BCUT2D eigenvalue weighted by Crippen LogP contribution is -2.58. The fourth-order valence-electron chi connectivity index (χ4n) is 5.44. The summed E-state index contributed by atoms with van der Waals surface area (Å²) in [6.45, 7) is 0. The molecule has 3 aromatic carbocycles. The summed E-state index contributed by atoms with van der Waals surface area (Å²) in [7, 11) is 0. The van der Waals surface area contributed by atoms with Crippen LogP contribution in [0.3, 0.4) is 0 Å². The molecule has 6 nitrogen and oxygen atoms in total. The normalized spacial score (nSPS) is 19.2. The van der Waals surface area contributed by atoms with Crippen LogP contribution in [0.4, 0.5) is 5.69 Å². The number of amides is 2. The molecule has 7 heteroatoms. The van der Waals surface area contributed by atoms with Crippen molar-refractivity contribution in [2.45, 2.75) is 56.1 Å². The summed E-state index contributed by atoms with van der Waals surface area (Å²) in [4.78, 5) is 26.8. The molecule has 3 aromatic rings. The molecule has 1 spiro atoms. The van der Waals surface area contributed by atoms with Crippen LogP contribution in [-0.4, -0.2) is 17.4 Å². The van der Waals surface area contributed by atoms with Crippen LogP contribution >= 0.6 is 11.6 Å². The largest absolute Gasteiger partial charge is 0.324 e. The van der Waals surface area contributed by atoms with Crippen molar-refractivity contribution in [3.63, 3.8) is 0 Å². The molecular weight excluding hydrogens is 472 g/mol. The minimum absolute atomic E-state index is 0.0562. The van der Waals surface area contributed by atoms with E-state index in [9.17, 15) is 9.59 Å². The lowest BCUT2D eigenvalue weighted by molar-refractivity contribution is -0.126. The number of benzene rings is 3. The molecule has 0 aromatic heterocycles. The van der Waals surface area contributed by atoms with Gasteiger partial charge in [-0.25, -0.2) is 5.43 Å². The lowest BCUT2D eigenvalue weighted by atomic mass is 9.73. The summed E-state index contributed by atoms with van der Waals surface area (Å²) >= 11 is 5.98. The predicted octanol–water partition coefficient (Wildman–Crippen LogP) is 5.23. The Hall–Kier alpha value is -3.19. The van der Waals surface area contributed by atoms with Gasteiger partial charge in [-0.05, 0) is 60.2 Å². The van der Waals surface area contributed by atoms with E-state index in [4.69, 9.17) is 11.6 Å². The van der Waals surface area contributed by atoms with Crippen molar-refractivity contribution < 1.29 is 9.59 Å². The van der Waals surface area contributed by atoms with E-state index in [1.165, 1.54) is 24.8 Å². The first-order valence-corrected chi connectivity index (χ1v) is 12.9. The quantitative estimate of drug-likeness (QED) is 0.348. The second-order valence-corrected chi connectivity index (χ2v) is 10.2. The summed E-state index contributed by atoms with van der Waals surface area (Å²) in [6.07, 6.45) is 6.65. The topological polar surface area (TPSA) is 82.3 Å². The number of rotatable bonds is 6. The lowest BCUT2D eigenvalue weighted by Gasteiger charge is -2.45. The van der Waals surface area contributed by atoms with Gasteiger partial charge in [-0.3, -0.25) is 20.3 Å². The van der Waals surface area contributed by atoms with Crippen molar-refractivity contribution in [2.75, 3.05) is 5.32 Å². The van der Waals surface area contributed by atoms with E-state index in [2.05, 4.69) is 27.6 Å². The van der Waals surface area contributed by atoms with Gasteiger partial charge in [-0.2, -0.15) is 0 Å². The predicted molar refractivity (Wildman–Crippen MR) is 142 cm³/mol. The molecule has 5 rings (SSSR count). The Kier molecular flexibility index (Phi) is 7.37. The van der Waals surface area contributed by atoms with Crippen LogP contribution in [-0.2, 0) is 16.0 Å². The van der Waals surface area contributed by atoms with Gasteiger partial charge in [0, 0.05) is 16.2 Å². The van der Waals surface area contributed by atoms with E-state index in [1.807, 2.05) is 48.5 Å². The average Bonchev–Trinajstić information content (AvgIpc) is 2.90. The van der Waals surface area contributed by atoms with Gasteiger partial charge in [0.15, 0.2) is 0 Å². The summed E-state index contributed by atoms with van der Waals surface area (Å²) < 4.78 is 0.